The Bertz CT molecular complexity index is 475. The summed E-state index contributed by atoms with van der Waals surface area (Å²) in [5, 5.41) is 3.68. The van der Waals surface area contributed by atoms with Crippen LogP contribution in [-0.4, -0.2) is 24.6 Å². The van der Waals surface area contributed by atoms with Gasteiger partial charge in [-0.1, -0.05) is 11.6 Å². The molecule has 0 aromatic heterocycles. The number of rotatable bonds is 4. The van der Waals surface area contributed by atoms with Gasteiger partial charge in [-0.2, -0.15) is 0 Å². The first-order valence-corrected chi connectivity index (χ1v) is 7.36. The van der Waals surface area contributed by atoms with E-state index in [-0.39, 0.29) is 37.0 Å². The van der Waals surface area contributed by atoms with Crippen LogP contribution >= 0.6 is 24.0 Å². The highest BCUT2D eigenvalue weighted by Gasteiger charge is 2.20. The number of halogens is 2. The molecule has 1 aliphatic carbocycles. The molecule has 0 heterocycles. The lowest BCUT2D eigenvalue weighted by atomic mass is 9.92. The molecule has 4 nitrogen and oxygen atoms in total. The summed E-state index contributed by atoms with van der Waals surface area (Å²) in [6, 6.07) is 5.89. The van der Waals surface area contributed by atoms with Crippen LogP contribution < -0.4 is 15.8 Å². The third kappa shape index (κ3) is 5.73. The molecular formula is C15H22Cl2N2O2. The molecule has 0 unspecified atom stereocenters. The molecule has 0 radical (unpaired) electrons. The van der Waals surface area contributed by atoms with Crippen molar-refractivity contribution in [3.8, 4) is 5.75 Å². The molecule has 0 saturated heterocycles. The van der Waals surface area contributed by atoms with Crippen LogP contribution in [0.5, 0.6) is 5.75 Å². The van der Waals surface area contributed by atoms with Gasteiger partial charge in [0, 0.05) is 17.1 Å². The Kier molecular flexibility index (Phi) is 7.29. The molecule has 0 atom stereocenters. The van der Waals surface area contributed by atoms with Crippen molar-refractivity contribution >= 4 is 29.9 Å². The Balaban J connectivity index is 0.00000220. The highest BCUT2D eigenvalue weighted by molar-refractivity contribution is 6.31. The van der Waals surface area contributed by atoms with Crippen LogP contribution in [0.15, 0.2) is 18.2 Å². The van der Waals surface area contributed by atoms with Crippen LogP contribution in [0.3, 0.4) is 0 Å². The van der Waals surface area contributed by atoms with Crippen molar-refractivity contribution in [3.63, 3.8) is 0 Å². The second-order valence-corrected chi connectivity index (χ2v) is 5.79. The summed E-state index contributed by atoms with van der Waals surface area (Å²) in [6.07, 6.45) is 3.85. The molecule has 0 bridgehead atoms. The van der Waals surface area contributed by atoms with Crippen LogP contribution in [0.4, 0.5) is 0 Å². The quantitative estimate of drug-likeness (QED) is 0.891. The predicted octanol–water partition coefficient (Wildman–Crippen LogP) is 2.84. The minimum atomic E-state index is -0.0851. The smallest absolute Gasteiger partial charge is 0.258 e. The summed E-state index contributed by atoms with van der Waals surface area (Å²) in [5.41, 5.74) is 6.78. The number of nitrogens with two attached hydrogens (primary N) is 1. The average Bonchev–Trinajstić information content (AvgIpc) is 2.43. The Morgan fingerprint density at radius 2 is 2.05 bits per heavy atom. The van der Waals surface area contributed by atoms with Gasteiger partial charge in [-0.05, 0) is 56.4 Å². The van der Waals surface area contributed by atoms with Crippen molar-refractivity contribution in [2.24, 2.45) is 5.73 Å². The maximum absolute atomic E-state index is 11.8. The molecule has 1 aliphatic rings. The van der Waals surface area contributed by atoms with Crippen LogP contribution in [-0.2, 0) is 4.79 Å². The molecule has 1 saturated carbocycles. The van der Waals surface area contributed by atoms with E-state index in [2.05, 4.69) is 5.32 Å². The molecule has 2 rings (SSSR count). The van der Waals surface area contributed by atoms with E-state index in [4.69, 9.17) is 22.1 Å². The van der Waals surface area contributed by atoms with E-state index in [1.54, 1.807) is 12.1 Å². The van der Waals surface area contributed by atoms with Gasteiger partial charge in [0.05, 0.1) is 0 Å². The van der Waals surface area contributed by atoms with E-state index in [0.29, 0.717) is 10.8 Å². The number of hydrogen-bond donors (Lipinski definition) is 2. The first-order chi connectivity index (χ1) is 9.54. The molecule has 3 N–H and O–H groups in total. The highest BCUT2D eigenvalue weighted by atomic mass is 35.5. The van der Waals surface area contributed by atoms with Crippen molar-refractivity contribution in [2.75, 3.05) is 6.61 Å². The van der Waals surface area contributed by atoms with E-state index in [0.717, 1.165) is 31.2 Å². The van der Waals surface area contributed by atoms with Gasteiger partial charge in [0.25, 0.3) is 5.91 Å². The normalized spacial score (nSPS) is 21.3. The number of amides is 1. The summed E-state index contributed by atoms with van der Waals surface area (Å²) < 4.78 is 5.47. The molecule has 6 heteroatoms. The van der Waals surface area contributed by atoms with Crippen molar-refractivity contribution in [2.45, 2.75) is 44.7 Å². The van der Waals surface area contributed by atoms with E-state index >= 15 is 0 Å². The number of nitrogens with one attached hydrogen (secondary N) is 1. The van der Waals surface area contributed by atoms with Gasteiger partial charge in [0.15, 0.2) is 6.61 Å². The van der Waals surface area contributed by atoms with Crippen LogP contribution in [0, 0.1) is 6.92 Å². The lowest BCUT2D eigenvalue weighted by Gasteiger charge is -2.26. The Labute approximate surface area is 136 Å². The number of carbonyl (C=O) groups is 1. The van der Waals surface area contributed by atoms with Gasteiger partial charge in [0.1, 0.15) is 5.75 Å². The van der Waals surface area contributed by atoms with Crippen molar-refractivity contribution in [1.82, 2.24) is 5.32 Å². The number of aryl methyl sites for hydroxylation is 1. The zero-order valence-corrected chi connectivity index (χ0v) is 13.7. The fourth-order valence-corrected chi connectivity index (χ4v) is 2.51. The molecule has 21 heavy (non-hydrogen) atoms. The van der Waals surface area contributed by atoms with Crippen LogP contribution in [0.25, 0.3) is 0 Å². The van der Waals surface area contributed by atoms with Crippen molar-refractivity contribution in [1.29, 1.82) is 0 Å². The van der Waals surface area contributed by atoms with Crippen molar-refractivity contribution in [3.05, 3.63) is 28.8 Å². The number of benzene rings is 1. The second-order valence-electron chi connectivity index (χ2n) is 5.38. The van der Waals surface area contributed by atoms with Gasteiger partial charge in [0.2, 0.25) is 0 Å². The third-order valence-electron chi connectivity index (χ3n) is 3.64. The lowest BCUT2D eigenvalue weighted by Crippen LogP contribution is -2.42. The standard InChI is InChI=1S/C15H21ClN2O2.ClH/c1-10-8-13(6-7-14(10)16)20-9-15(19)18-12-4-2-11(17)3-5-12;/h6-8,11-12H,2-5,9,17H2,1H3,(H,18,19);1H. The second kappa shape index (κ2) is 8.47. The van der Waals surface area contributed by atoms with Crippen LogP contribution in [0.1, 0.15) is 31.2 Å². The minimum Gasteiger partial charge on any atom is -0.484 e. The SMILES string of the molecule is Cc1cc(OCC(=O)NC2CCC(N)CC2)ccc1Cl.Cl. The van der Waals surface area contributed by atoms with E-state index in [1.165, 1.54) is 0 Å². The summed E-state index contributed by atoms with van der Waals surface area (Å²) in [7, 11) is 0. The Morgan fingerprint density at radius 1 is 1.38 bits per heavy atom. The molecular weight excluding hydrogens is 311 g/mol. The number of ether oxygens (including phenoxy) is 1. The summed E-state index contributed by atoms with van der Waals surface area (Å²) in [5.74, 6) is 0.575. The molecule has 1 fully saturated rings. The number of carbonyl (C=O) groups excluding carboxylic acids is 1. The zero-order valence-electron chi connectivity index (χ0n) is 12.1. The summed E-state index contributed by atoms with van der Waals surface area (Å²) in [4.78, 5) is 11.8. The minimum absolute atomic E-state index is 0. The van der Waals surface area contributed by atoms with Gasteiger partial charge in [-0.15, -0.1) is 12.4 Å². The van der Waals surface area contributed by atoms with Gasteiger partial charge in [-0.25, -0.2) is 0 Å². The monoisotopic (exact) mass is 332 g/mol. The fraction of sp³-hybridized carbons (Fsp3) is 0.533. The van der Waals surface area contributed by atoms with E-state index < -0.39 is 0 Å². The maximum atomic E-state index is 11.8. The summed E-state index contributed by atoms with van der Waals surface area (Å²) in [6.45, 7) is 1.93. The van der Waals surface area contributed by atoms with Crippen LogP contribution in [0.2, 0.25) is 5.02 Å². The van der Waals surface area contributed by atoms with Crippen molar-refractivity contribution < 1.29 is 9.53 Å². The van der Waals surface area contributed by atoms with Gasteiger partial charge < -0.3 is 15.8 Å². The molecule has 0 spiro atoms. The van der Waals surface area contributed by atoms with Gasteiger partial charge >= 0.3 is 0 Å². The molecule has 0 aliphatic heterocycles. The topological polar surface area (TPSA) is 64.3 Å². The zero-order chi connectivity index (χ0) is 14.5. The average molecular weight is 333 g/mol. The van der Waals surface area contributed by atoms with E-state index in [1.807, 2.05) is 13.0 Å². The third-order valence-corrected chi connectivity index (χ3v) is 4.06. The highest BCUT2D eigenvalue weighted by Crippen LogP contribution is 2.21. The lowest BCUT2D eigenvalue weighted by molar-refractivity contribution is -0.124. The Hall–Kier alpha value is -0.970. The first-order valence-electron chi connectivity index (χ1n) is 6.98. The predicted molar refractivity (Wildman–Crippen MR) is 87.3 cm³/mol. The number of hydrogen-bond acceptors (Lipinski definition) is 3. The summed E-state index contributed by atoms with van der Waals surface area (Å²) >= 11 is 5.94. The first kappa shape index (κ1) is 18.1. The fourth-order valence-electron chi connectivity index (χ4n) is 2.39. The molecule has 1 amide bonds. The Morgan fingerprint density at radius 3 is 2.67 bits per heavy atom. The maximum Gasteiger partial charge on any atom is 0.258 e. The molecule has 118 valence electrons. The largest absolute Gasteiger partial charge is 0.484 e. The molecule has 1 aromatic rings. The van der Waals surface area contributed by atoms with Gasteiger partial charge in [-0.3, -0.25) is 4.79 Å². The molecule has 1 aromatic carbocycles. The van der Waals surface area contributed by atoms with E-state index in [9.17, 15) is 4.79 Å².